The number of ether oxygens (including phenoxy) is 1. The summed E-state index contributed by atoms with van der Waals surface area (Å²) in [7, 11) is 0. The molecule has 0 saturated carbocycles. The highest BCUT2D eigenvalue weighted by Gasteiger charge is 2.36. The summed E-state index contributed by atoms with van der Waals surface area (Å²) in [4.78, 5) is 28.4. The molecular weight excluding hydrogens is 543 g/mol. The van der Waals surface area contributed by atoms with Gasteiger partial charge in [0.15, 0.2) is 0 Å². The molecule has 1 fully saturated rings. The maximum atomic E-state index is 14.1. The summed E-state index contributed by atoms with van der Waals surface area (Å²) in [6.45, 7) is 2.49. The third-order valence-electron chi connectivity index (χ3n) is 8.39. The molecule has 2 atom stereocenters. The van der Waals surface area contributed by atoms with E-state index < -0.39 is 6.09 Å². The Morgan fingerprint density at radius 2 is 1.98 bits per heavy atom. The second kappa shape index (κ2) is 11.9. The highest BCUT2D eigenvalue weighted by molar-refractivity contribution is 6.28. The van der Waals surface area contributed by atoms with Crippen molar-refractivity contribution in [2.24, 2.45) is 0 Å². The Morgan fingerprint density at radius 1 is 1.12 bits per heavy atom. The largest absolute Gasteiger partial charge is 0.445 e. The fourth-order valence-electron chi connectivity index (χ4n) is 6.40. The van der Waals surface area contributed by atoms with Crippen LogP contribution in [0.3, 0.4) is 0 Å². The van der Waals surface area contributed by atoms with Crippen molar-refractivity contribution < 1.29 is 13.9 Å². The van der Waals surface area contributed by atoms with Crippen LogP contribution in [0.2, 0.25) is 5.28 Å². The van der Waals surface area contributed by atoms with Crippen LogP contribution in [0.4, 0.5) is 20.7 Å². The highest BCUT2D eigenvalue weighted by Crippen LogP contribution is 2.36. The number of halogens is 2. The predicted molar refractivity (Wildman–Crippen MR) is 154 cm³/mol. The molecule has 1 amide bonds. The molecule has 3 aromatic rings. The van der Waals surface area contributed by atoms with Crippen LogP contribution in [-0.4, -0.2) is 59.2 Å². The first-order valence-electron chi connectivity index (χ1n) is 14.2. The number of nitrogens with zero attached hydrogens (tertiary/aromatic N) is 6. The normalized spacial score (nSPS) is 20.2. The number of carbonyl (C=O) groups excluding carboxylic acids is 1. The van der Waals surface area contributed by atoms with E-state index in [1.807, 2.05) is 36.4 Å². The Bertz CT molecular complexity index is 1460. The standard InChI is InChI=1S/C31H32ClFN6O2/c32-30-35-27-18-24(38-14-4-7-22-8-9-23(33)17-28(22)38)10-11-26(27)29(36-30)37-15-16-39(25(19-37)12-13-34)31(40)41-20-21-5-2-1-3-6-21/h1-3,5-6,8-9,17,24-25H,4,7,10-12,14-16,18-20H2/t24?,25-/m0/s1. The van der Waals surface area contributed by atoms with E-state index in [0.717, 1.165) is 60.6 Å². The lowest BCUT2D eigenvalue weighted by atomic mass is 9.88. The fraction of sp³-hybridized carbons (Fsp3) is 0.419. The van der Waals surface area contributed by atoms with Gasteiger partial charge in [-0.3, -0.25) is 0 Å². The van der Waals surface area contributed by atoms with Gasteiger partial charge in [-0.15, -0.1) is 0 Å². The zero-order chi connectivity index (χ0) is 28.3. The Morgan fingerprint density at radius 3 is 2.80 bits per heavy atom. The molecule has 0 radical (unpaired) electrons. The van der Waals surface area contributed by atoms with Gasteiger partial charge in [-0.2, -0.15) is 5.26 Å². The minimum absolute atomic E-state index is 0.184. The number of piperazine rings is 1. The summed E-state index contributed by atoms with van der Waals surface area (Å²) in [5, 5.41) is 9.72. The Kier molecular flexibility index (Phi) is 7.93. The molecule has 6 rings (SSSR count). The monoisotopic (exact) mass is 574 g/mol. The van der Waals surface area contributed by atoms with Gasteiger partial charge in [-0.25, -0.2) is 19.2 Å². The number of nitriles is 1. The molecule has 1 unspecified atom stereocenters. The molecule has 3 aliphatic rings. The van der Waals surface area contributed by atoms with Crippen LogP contribution in [-0.2, 0) is 30.6 Å². The first-order chi connectivity index (χ1) is 20.0. The van der Waals surface area contributed by atoms with Crippen LogP contribution in [0.5, 0.6) is 0 Å². The van der Waals surface area contributed by atoms with E-state index in [1.165, 1.54) is 5.56 Å². The summed E-state index contributed by atoms with van der Waals surface area (Å²) in [5.74, 6) is 0.568. The van der Waals surface area contributed by atoms with Crippen LogP contribution in [0.1, 0.15) is 41.6 Å². The van der Waals surface area contributed by atoms with Gasteiger partial charge in [0.1, 0.15) is 18.2 Å². The Labute approximate surface area is 244 Å². The van der Waals surface area contributed by atoms with E-state index in [0.29, 0.717) is 26.1 Å². The van der Waals surface area contributed by atoms with Gasteiger partial charge in [0, 0.05) is 49.9 Å². The predicted octanol–water partition coefficient (Wildman–Crippen LogP) is 5.32. The van der Waals surface area contributed by atoms with Gasteiger partial charge in [0.05, 0.1) is 24.2 Å². The molecule has 1 aliphatic carbocycles. The van der Waals surface area contributed by atoms with Crippen molar-refractivity contribution in [2.45, 2.75) is 57.2 Å². The number of carbonyl (C=O) groups is 1. The SMILES string of the molecule is N#CC[C@H]1CN(c2nc(Cl)nc3c2CCC(N2CCCc4ccc(F)cc42)C3)CCN1C(=O)OCc1ccccc1. The average Bonchev–Trinajstić information content (AvgIpc) is 2.99. The number of benzene rings is 2. The number of anilines is 2. The lowest BCUT2D eigenvalue weighted by Crippen LogP contribution is -2.55. The van der Waals surface area contributed by atoms with E-state index >= 15 is 0 Å². The first kappa shape index (κ1) is 27.3. The van der Waals surface area contributed by atoms with Crippen molar-refractivity contribution in [3.05, 3.63) is 82.0 Å². The third kappa shape index (κ3) is 5.80. The summed E-state index contributed by atoms with van der Waals surface area (Å²) in [6, 6.07) is 16.7. The molecule has 212 valence electrons. The molecule has 3 heterocycles. The topological polar surface area (TPSA) is 85.6 Å². The van der Waals surface area contributed by atoms with Gasteiger partial charge in [-0.1, -0.05) is 36.4 Å². The van der Waals surface area contributed by atoms with Crippen molar-refractivity contribution in [3.63, 3.8) is 0 Å². The molecule has 1 aromatic heterocycles. The van der Waals surface area contributed by atoms with Crippen molar-refractivity contribution in [1.29, 1.82) is 5.26 Å². The van der Waals surface area contributed by atoms with Crippen molar-refractivity contribution in [3.8, 4) is 6.07 Å². The molecular formula is C31H32ClFN6O2. The van der Waals surface area contributed by atoms with Crippen molar-refractivity contribution in [2.75, 3.05) is 36.0 Å². The van der Waals surface area contributed by atoms with Crippen LogP contribution in [0, 0.1) is 17.1 Å². The first-order valence-corrected chi connectivity index (χ1v) is 14.6. The maximum absolute atomic E-state index is 14.1. The number of hydrogen-bond acceptors (Lipinski definition) is 7. The average molecular weight is 575 g/mol. The zero-order valence-corrected chi connectivity index (χ0v) is 23.6. The van der Waals surface area contributed by atoms with Crippen LogP contribution in [0.15, 0.2) is 48.5 Å². The Balaban J connectivity index is 1.18. The van der Waals surface area contributed by atoms with Gasteiger partial charge in [-0.05, 0) is 60.5 Å². The van der Waals surface area contributed by atoms with Gasteiger partial charge in [0.25, 0.3) is 0 Å². The second-order valence-corrected chi connectivity index (χ2v) is 11.2. The van der Waals surface area contributed by atoms with Crippen LogP contribution < -0.4 is 9.80 Å². The molecule has 0 spiro atoms. The summed E-state index contributed by atoms with van der Waals surface area (Å²) in [6.07, 6.45) is 4.14. The maximum Gasteiger partial charge on any atom is 0.410 e. The molecule has 8 nitrogen and oxygen atoms in total. The lowest BCUT2D eigenvalue weighted by Gasteiger charge is -2.43. The van der Waals surface area contributed by atoms with Gasteiger partial charge >= 0.3 is 6.09 Å². The Hall–Kier alpha value is -3.90. The summed E-state index contributed by atoms with van der Waals surface area (Å²) < 4.78 is 19.7. The van der Waals surface area contributed by atoms with E-state index in [-0.39, 0.29) is 36.2 Å². The minimum Gasteiger partial charge on any atom is -0.445 e. The number of hydrogen-bond donors (Lipinski definition) is 0. The summed E-state index contributed by atoms with van der Waals surface area (Å²) >= 11 is 6.46. The van der Waals surface area contributed by atoms with E-state index in [9.17, 15) is 14.4 Å². The second-order valence-electron chi connectivity index (χ2n) is 10.9. The van der Waals surface area contributed by atoms with Crippen molar-refractivity contribution in [1.82, 2.24) is 14.9 Å². The van der Waals surface area contributed by atoms with Crippen LogP contribution >= 0.6 is 11.6 Å². The quantitative estimate of drug-likeness (QED) is 0.381. The highest BCUT2D eigenvalue weighted by atomic mass is 35.5. The number of aromatic nitrogens is 2. The number of amides is 1. The minimum atomic E-state index is -0.419. The third-order valence-corrected chi connectivity index (χ3v) is 8.56. The zero-order valence-electron chi connectivity index (χ0n) is 22.8. The lowest BCUT2D eigenvalue weighted by molar-refractivity contribution is 0.0768. The molecule has 41 heavy (non-hydrogen) atoms. The van der Waals surface area contributed by atoms with Crippen molar-refractivity contribution >= 4 is 29.2 Å². The summed E-state index contributed by atoms with van der Waals surface area (Å²) in [5.41, 5.74) is 5.07. The number of aryl methyl sites for hydroxylation is 1. The van der Waals surface area contributed by atoms with E-state index in [4.69, 9.17) is 16.3 Å². The van der Waals surface area contributed by atoms with Gasteiger partial charge in [0.2, 0.25) is 5.28 Å². The van der Waals surface area contributed by atoms with E-state index in [2.05, 4.69) is 25.8 Å². The number of fused-ring (bicyclic) bond motifs is 2. The molecule has 0 N–H and O–H groups in total. The van der Waals surface area contributed by atoms with E-state index in [1.54, 1.807) is 17.0 Å². The smallest absolute Gasteiger partial charge is 0.410 e. The van der Waals surface area contributed by atoms with Crippen LogP contribution in [0.25, 0.3) is 0 Å². The fourth-order valence-corrected chi connectivity index (χ4v) is 6.58. The number of rotatable bonds is 5. The molecule has 10 heteroatoms. The molecule has 1 saturated heterocycles. The molecule has 2 aromatic carbocycles. The molecule has 2 aliphatic heterocycles. The van der Waals surface area contributed by atoms with Gasteiger partial charge < -0.3 is 19.4 Å². The molecule has 0 bridgehead atoms.